The van der Waals surface area contributed by atoms with Crippen molar-refractivity contribution >= 4 is 40.9 Å². The van der Waals surface area contributed by atoms with Gasteiger partial charge < -0.3 is 19.9 Å². The van der Waals surface area contributed by atoms with Crippen LogP contribution in [0.25, 0.3) is 6.08 Å². The Morgan fingerprint density at radius 1 is 0.973 bits per heavy atom. The third kappa shape index (κ3) is 7.37. The number of carbonyl (C=O) groups is 2. The fourth-order valence-corrected chi connectivity index (χ4v) is 4.39. The van der Waals surface area contributed by atoms with Crippen molar-refractivity contribution in [2.24, 2.45) is 0 Å². The first-order valence-corrected chi connectivity index (χ1v) is 13.0. The smallest absolute Gasteiger partial charge is 0.255 e. The number of benzene rings is 3. The van der Waals surface area contributed by atoms with Gasteiger partial charge in [0.25, 0.3) is 5.91 Å². The van der Waals surface area contributed by atoms with Gasteiger partial charge in [0.05, 0.1) is 17.3 Å². The van der Waals surface area contributed by atoms with Crippen LogP contribution in [0.2, 0.25) is 5.02 Å². The molecule has 1 aliphatic heterocycles. The number of amides is 2. The highest BCUT2D eigenvalue weighted by atomic mass is 35.5. The molecule has 0 saturated carbocycles. The largest absolute Gasteiger partial charge is 0.494 e. The molecule has 0 atom stereocenters. The molecule has 1 aliphatic rings. The first kappa shape index (κ1) is 26.3. The van der Waals surface area contributed by atoms with Crippen LogP contribution in [0.15, 0.2) is 78.9 Å². The average Bonchev–Trinajstić information content (AvgIpc) is 2.93. The second-order valence-electron chi connectivity index (χ2n) is 8.90. The maximum atomic E-state index is 12.7. The number of ether oxygens (including phenoxy) is 1. The predicted octanol–water partition coefficient (Wildman–Crippen LogP) is 6.13. The van der Waals surface area contributed by atoms with Crippen molar-refractivity contribution in [1.82, 2.24) is 4.90 Å². The minimum Gasteiger partial charge on any atom is -0.494 e. The SMILES string of the molecule is CCCCOc1ccc(C(=O)Nc2ccc(N3CCN(C(=O)/C=C/c4ccccc4)CC3)c(Cl)c2)cc1. The van der Waals surface area contributed by atoms with Crippen LogP contribution in [0.5, 0.6) is 5.75 Å². The quantitative estimate of drug-likeness (QED) is 0.274. The van der Waals surface area contributed by atoms with Crippen LogP contribution in [0.1, 0.15) is 35.7 Å². The van der Waals surface area contributed by atoms with Gasteiger partial charge in [-0.2, -0.15) is 0 Å². The van der Waals surface area contributed by atoms with Crippen LogP contribution in [0, 0.1) is 0 Å². The number of hydrogen-bond donors (Lipinski definition) is 1. The predicted molar refractivity (Wildman–Crippen MR) is 151 cm³/mol. The average molecular weight is 518 g/mol. The molecule has 3 aromatic rings. The van der Waals surface area contributed by atoms with E-state index in [1.807, 2.05) is 65.6 Å². The van der Waals surface area contributed by atoms with Crippen molar-refractivity contribution in [2.45, 2.75) is 19.8 Å². The molecule has 1 fully saturated rings. The van der Waals surface area contributed by atoms with E-state index in [1.165, 1.54) is 0 Å². The third-order valence-corrected chi connectivity index (χ3v) is 6.54. The summed E-state index contributed by atoms with van der Waals surface area (Å²) in [7, 11) is 0. The molecular formula is C30H32ClN3O3. The molecule has 0 aliphatic carbocycles. The number of unbranched alkanes of at least 4 members (excludes halogenated alkanes) is 1. The van der Waals surface area contributed by atoms with Crippen molar-refractivity contribution < 1.29 is 14.3 Å². The van der Waals surface area contributed by atoms with Crippen LogP contribution in [0.3, 0.4) is 0 Å². The van der Waals surface area contributed by atoms with E-state index in [4.69, 9.17) is 16.3 Å². The summed E-state index contributed by atoms with van der Waals surface area (Å²) in [5, 5.41) is 3.46. The van der Waals surface area contributed by atoms with Gasteiger partial charge in [-0.3, -0.25) is 9.59 Å². The number of hydrogen-bond acceptors (Lipinski definition) is 4. The molecule has 0 unspecified atom stereocenters. The molecule has 7 heteroatoms. The van der Waals surface area contributed by atoms with Gasteiger partial charge >= 0.3 is 0 Å². The number of nitrogens with zero attached hydrogens (tertiary/aromatic N) is 2. The lowest BCUT2D eigenvalue weighted by Gasteiger charge is -2.36. The minimum absolute atomic E-state index is 0.00761. The topological polar surface area (TPSA) is 61.9 Å². The molecule has 0 spiro atoms. The lowest BCUT2D eigenvalue weighted by Crippen LogP contribution is -2.48. The highest BCUT2D eigenvalue weighted by Gasteiger charge is 2.21. The van der Waals surface area contributed by atoms with Crippen molar-refractivity contribution in [3.63, 3.8) is 0 Å². The molecule has 3 aromatic carbocycles. The van der Waals surface area contributed by atoms with Crippen LogP contribution < -0.4 is 15.0 Å². The Morgan fingerprint density at radius 2 is 1.70 bits per heavy atom. The first-order chi connectivity index (χ1) is 18.0. The molecule has 37 heavy (non-hydrogen) atoms. The number of rotatable bonds is 9. The maximum Gasteiger partial charge on any atom is 0.255 e. The Balaban J connectivity index is 1.29. The van der Waals surface area contributed by atoms with Crippen LogP contribution in [-0.4, -0.2) is 49.5 Å². The minimum atomic E-state index is -0.209. The summed E-state index contributed by atoms with van der Waals surface area (Å²) in [6.45, 7) is 5.39. The number of halogens is 1. The summed E-state index contributed by atoms with van der Waals surface area (Å²) in [4.78, 5) is 29.3. The highest BCUT2D eigenvalue weighted by Crippen LogP contribution is 2.30. The zero-order valence-electron chi connectivity index (χ0n) is 21.0. The molecule has 0 aromatic heterocycles. The molecule has 0 bridgehead atoms. The summed E-state index contributed by atoms with van der Waals surface area (Å²) >= 11 is 6.59. The summed E-state index contributed by atoms with van der Waals surface area (Å²) in [5.41, 5.74) is 3.06. The van der Waals surface area contributed by atoms with E-state index >= 15 is 0 Å². The van der Waals surface area contributed by atoms with E-state index in [-0.39, 0.29) is 11.8 Å². The maximum absolute atomic E-state index is 12.7. The Bertz CT molecular complexity index is 1220. The Hall–Kier alpha value is -3.77. The zero-order chi connectivity index (χ0) is 26.0. The molecule has 2 amide bonds. The van der Waals surface area contributed by atoms with Crippen LogP contribution in [-0.2, 0) is 4.79 Å². The fourth-order valence-electron chi connectivity index (χ4n) is 4.09. The normalized spacial score (nSPS) is 13.6. The number of piperazine rings is 1. The van der Waals surface area contributed by atoms with Gasteiger partial charge in [0.2, 0.25) is 5.91 Å². The summed E-state index contributed by atoms with van der Waals surface area (Å²) in [5.74, 6) is 0.555. The third-order valence-electron chi connectivity index (χ3n) is 6.24. The van der Waals surface area contributed by atoms with Gasteiger partial charge in [0.1, 0.15) is 5.75 Å². The van der Waals surface area contributed by atoms with E-state index < -0.39 is 0 Å². The standard InChI is InChI=1S/C30H32ClN3O3/c1-2-3-21-37-26-13-10-24(11-14-26)30(36)32-25-12-15-28(27(31)22-25)33-17-19-34(20-18-33)29(35)16-9-23-7-5-4-6-8-23/h4-16,22H,2-3,17-21H2,1H3,(H,32,36)/b16-9+. The second-order valence-corrected chi connectivity index (χ2v) is 9.31. The van der Waals surface area contributed by atoms with E-state index in [2.05, 4.69) is 17.1 Å². The summed E-state index contributed by atoms with van der Waals surface area (Å²) < 4.78 is 5.66. The highest BCUT2D eigenvalue weighted by molar-refractivity contribution is 6.33. The van der Waals surface area contributed by atoms with Crippen LogP contribution >= 0.6 is 11.6 Å². The van der Waals surface area contributed by atoms with Crippen molar-refractivity contribution in [2.75, 3.05) is 43.0 Å². The molecule has 6 nitrogen and oxygen atoms in total. The van der Waals surface area contributed by atoms with Crippen molar-refractivity contribution in [3.8, 4) is 5.75 Å². The van der Waals surface area contributed by atoms with Gasteiger partial charge in [-0.25, -0.2) is 0 Å². The van der Waals surface area contributed by atoms with E-state index in [9.17, 15) is 9.59 Å². The van der Waals surface area contributed by atoms with Crippen molar-refractivity contribution in [1.29, 1.82) is 0 Å². The second kappa shape index (κ2) is 13.0. The molecule has 1 heterocycles. The number of anilines is 2. The van der Waals surface area contributed by atoms with E-state index in [0.29, 0.717) is 49.1 Å². The van der Waals surface area contributed by atoms with Gasteiger partial charge in [-0.1, -0.05) is 55.3 Å². The van der Waals surface area contributed by atoms with Gasteiger partial charge in [-0.15, -0.1) is 0 Å². The zero-order valence-corrected chi connectivity index (χ0v) is 21.8. The monoisotopic (exact) mass is 517 g/mol. The van der Waals surface area contributed by atoms with Gasteiger partial charge in [0, 0.05) is 43.5 Å². The number of nitrogens with one attached hydrogen (secondary N) is 1. The van der Waals surface area contributed by atoms with Gasteiger partial charge in [-0.05, 0) is 60.5 Å². The van der Waals surface area contributed by atoms with E-state index in [0.717, 1.165) is 29.8 Å². The van der Waals surface area contributed by atoms with Gasteiger partial charge in [0.15, 0.2) is 0 Å². The van der Waals surface area contributed by atoms with E-state index in [1.54, 1.807) is 24.3 Å². The molecule has 4 rings (SSSR count). The Labute approximate surface area is 223 Å². The lowest BCUT2D eigenvalue weighted by atomic mass is 10.2. The Kier molecular flexibility index (Phi) is 9.22. The molecule has 1 saturated heterocycles. The fraction of sp³-hybridized carbons (Fsp3) is 0.267. The molecule has 1 N–H and O–H groups in total. The first-order valence-electron chi connectivity index (χ1n) is 12.6. The lowest BCUT2D eigenvalue weighted by molar-refractivity contribution is -0.126. The number of carbonyl (C=O) groups excluding carboxylic acids is 2. The Morgan fingerprint density at radius 3 is 2.38 bits per heavy atom. The molecular weight excluding hydrogens is 486 g/mol. The summed E-state index contributed by atoms with van der Waals surface area (Å²) in [6.07, 6.45) is 5.54. The summed E-state index contributed by atoms with van der Waals surface area (Å²) in [6, 6.07) is 22.4. The molecule has 192 valence electrons. The van der Waals surface area contributed by atoms with Crippen LogP contribution in [0.4, 0.5) is 11.4 Å². The molecule has 0 radical (unpaired) electrons. The van der Waals surface area contributed by atoms with Crippen molar-refractivity contribution in [3.05, 3.63) is 95.0 Å².